The van der Waals surface area contributed by atoms with Gasteiger partial charge < -0.3 is 9.47 Å². The minimum absolute atomic E-state index is 0.0715. The molecule has 0 aliphatic heterocycles. The topological polar surface area (TPSA) is 18.5 Å². The SMILES string of the molecule is Fc1cc(Br)ccc1OC1CCC(OCc2ccccc2)CC1. The van der Waals surface area contributed by atoms with Crippen molar-refractivity contribution in [2.75, 3.05) is 0 Å². The molecule has 23 heavy (non-hydrogen) atoms. The molecule has 0 N–H and O–H groups in total. The summed E-state index contributed by atoms with van der Waals surface area (Å²) < 4.78 is 26.3. The Bertz CT molecular complexity index is 625. The molecule has 2 aromatic carbocycles. The van der Waals surface area contributed by atoms with Gasteiger partial charge in [-0.2, -0.15) is 0 Å². The Kier molecular flexibility index (Phi) is 5.68. The summed E-state index contributed by atoms with van der Waals surface area (Å²) in [5, 5.41) is 0. The Hall–Kier alpha value is -1.39. The summed E-state index contributed by atoms with van der Waals surface area (Å²) in [5.74, 6) is 0.0173. The van der Waals surface area contributed by atoms with Crippen molar-refractivity contribution in [3.05, 3.63) is 64.4 Å². The van der Waals surface area contributed by atoms with E-state index in [0.29, 0.717) is 12.4 Å². The second-order valence-corrected chi connectivity index (χ2v) is 6.80. The van der Waals surface area contributed by atoms with E-state index < -0.39 is 0 Å². The summed E-state index contributed by atoms with van der Waals surface area (Å²) in [6.07, 6.45) is 4.04. The quantitative estimate of drug-likeness (QED) is 0.684. The fraction of sp³-hybridized carbons (Fsp3) is 0.368. The number of benzene rings is 2. The smallest absolute Gasteiger partial charge is 0.166 e. The van der Waals surface area contributed by atoms with Crippen LogP contribution in [-0.4, -0.2) is 12.2 Å². The third-order valence-electron chi connectivity index (χ3n) is 4.14. The van der Waals surface area contributed by atoms with Crippen molar-refractivity contribution in [1.82, 2.24) is 0 Å². The van der Waals surface area contributed by atoms with E-state index >= 15 is 0 Å². The molecule has 0 saturated heterocycles. The van der Waals surface area contributed by atoms with E-state index in [1.807, 2.05) is 18.2 Å². The van der Waals surface area contributed by atoms with Crippen LogP contribution in [0.15, 0.2) is 53.0 Å². The van der Waals surface area contributed by atoms with Gasteiger partial charge in [-0.1, -0.05) is 46.3 Å². The Morgan fingerprint density at radius 3 is 2.35 bits per heavy atom. The molecular formula is C19H20BrFO2. The number of hydrogen-bond donors (Lipinski definition) is 0. The molecule has 1 saturated carbocycles. The first-order chi connectivity index (χ1) is 11.2. The summed E-state index contributed by atoms with van der Waals surface area (Å²) >= 11 is 3.25. The van der Waals surface area contributed by atoms with Crippen molar-refractivity contribution in [3.8, 4) is 5.75 Å². The van der Waals surface area contributed by atoms with Crippen LogP contribution in [0.1, 0.15) is 31.2 Å². The second kappa shape index (κ2) is 7.93. The second-order valence-electron chi connectivity index (χ2n) is 5.89. The van der Waals surface area contributed by atoms with Gasteiger partial charge in [-0.15, -0.1) is 0 Å². The number of hydrogen-bond acceptors (Lipinski definition) is 2. The van der Waals surface area contributed by atoms with Gasteiger partial charge in [-0.3, -0.25) is 0 Å². The summed E-state index contributed by atoms with van der Waals surface area (Å²) in [6.45, 7) is 0.651. The molecule has 122 valence electrons. The minimum Gasteiger partial charge on any atom is -0.487 e. The first-order valence-electron chi connectivity index (χ1n) is 7.98. The van der Waals surface area contributed by atoms with Crippen molar-refractivity contribution in [1.29, 1.82) is 0 Å². The molecule has 0 spiro atoms. The molecule has 1 aliphatic rings. The van der Waals surface area contributed by atoms with Gasteiger partial charge in [-0.05, 0) is 49.4 Å². The van der Waals surface area contributed by atoms with E-state index in [1.165, 1.54) is 11.6 Å². The van der Waals surface area contributed by atoms with E-state index in [2.05, 4.69) is 28.1 Å². The third kappa shape index (κ3) is 4.79. The van der Waals surface area contributed by atoms with E-state index in [9.17, 15) is 4.39 Å². The first-order valence-corrected chi connectivity index (χ1v) is 8.77. The molecule has 0 aromatic heterocycles. The van der Waals surface area contributed by atoms with Crippen LogP contribution in [0.5, 0.6) is 5.75 Å². The maximum Gasteiger partial charge on any atom is 0.166 e. The maximum absolute atomic E-state index is 13.8. The highest BCUT2D eigenvalue weighted by Gasteiger charge is 2.23. The molecule has 0 atom stereocenters. The van der Waals surface area contributed by atoms with Gasteiger partial charge in [-0.25, -0.2) is 4.39 Å². The standard InChI is InChI=1S/C19H20BrFO2/c20-15-6-11-19(18(21)12-15)23-17-9-7-16(8-10-17)22-13-14-4-2-1-3-5-14/h1-6,11-12,16-17H,7-10,13H2. The average Bonchev–Trinajstić information content (AvgIpc) is 2.58. The molecule has 1 aliphatic carbocycles. The van der Waals surface area contributed by atoms with Crippen LogP contribution in [0.2, 0.25) is 0 Å². The van der Waals surface area contributed by atoms with Crippen molar-refractivity contribution >= 4 is 15.9 Å². The van der Waals surface area contributed by atoms with Crippen LogP contribution in [0.4, 0.5) is 4.39 Å². The highest BCUT2D eigenvalue weighted by molar-refractivity contribution is 9.10. The Balaban J connectivity index is 1.45. The van der Waals surface area contributed by atoms with Gasteiger partial charge in [0.2, 0.25) is 0 Å². The van der Waals surface area contributed by atoms with Gasteiger partial charge in [0.15, 0.2) is 11.6 Å². The van der Waals surface area contributed by atoms with Crippen LogP contribution in [0, 0.1) is 5.82 Å². The summed E-state index contributed by atoms with van der Waals surface area (Å²) in [5.41, 5.74) is 1.20. The monoisotopic (exact) mass is 378 g/mol. The summed E-state index contributed by atoms with van der Waals surface area (Å²) in [7, 11) is 0. The van der Waals surface area contributed by atoms with E-state index in [-0.39, 0.29) is 18.0 Å². The molecular weight excluding hydrogens is 359 g/mol. The molecule has 0 heterocycles. The number of rotatable bonds is 5. The predicted molar refractivity (Wildman–Crippen MR) is 92.0 cm³/mol. The lowest BCUT2D eigenvalue weighted by Gasteiger charge is -2.29. The zero-order valence-corrected chi connectivity index (χ0v) is 14.5. The van der Waals surface area contributed by atoms with Gasteiger partial charge in [0, 0.05) is 4.47 Å². The van der Waals surface area contributed by atoms with Crippen molar-refractivity contribution in [2.45, 2.75) is 44.5 Å². The van der Waals surface area contributed by atoms with Gasteiger partial charge in [0.05, 0.1) is 18.8 Å². The molecule has 0 amide bonds. The molecule has 0 radical (unpaired) electrons. The Labute approximate surface area is 144 Å². The summed E-state index contributed by atoms with van der Waals surface area (Å²) in [6, 6.07) is 15.1. The maximum atomic E-state index is 13.8. The predicted octanol–water partition coefficient (Wildman–Crippen LogP) is 5.50. The molecule has 2 nitrogen and oxygen atoms in total. The van der Waals surface area contributed by atoms with Crippen LogP contribution in [0.25, 0.3) is 0 Å². The molecule has 0 unspecified atom stereocenters. The molecule has 1 fully saturated rings. The van der Waals surface area contributed by atoms with Gasteiger partial charge >= 0.3 is 0 Å². The largest absolute Gasteiger partial charge is 0.487 e. The Morgan fingerprint density at radius 1 is 0.957 bits per heavy atom. The number of ether oxygens (including phenoxy) is 2. The lowest BCUT2D eigenvalue weighted by atomic mass is 9.95. The van der Waals surface area contributed by atoms with E-state index in [1.54, 1.807) is 12.1 Å². The average molecular weight is 379 g/mol. The minimum atomic E-state index is -0.318. The lowest BCUT2D eigenvalue weighted by molar-refractivity contribution is -0.00717. The molecule has 2 aromatic rings. The van der Waals surface area contributed by atoms with Gasteiger partial charge in [0.25, 0.3) is 0 Å². The molecule has 4 heteroatoms. The van der Waals surface area contributed by atoms with Crippen LogP contribution < -0.4 is 4.74 Å². The number of halogens is 2. The first kappa shape index (κ1) is 16.5. The summed E-state index contributed by atoms with van der Waals surface area (Å²) in [4.78, 5) is 0. The third-order valence-corrected chi connectivity index (χ3v) is 4.63. The zero-order valence-electron chi connectivity index (χ0n) is 12.9. The zero-order chi connectivity index (χ0) is 16.1. The van der Waals surface area contributed by atoms with Crippen molar-refractivity contribution in [2.24, 2.45) is 0 Å². The highest BCUT2D eigenvalue weighted by atomic mass is 79.9. The molecule has 0 bridgehead atoms. The van der Waals surface area contributed by atoms with Gasteiger partial charge in [0.1, 0.15) is 0 Å². The Morgan fingerprint density at radius 2 is 1.65 bits per heavy atom. The fourth-order valence-electron chi connectivity index (χ4n) is 2.86. The van der Waals surface area contributed by atoms with Crippen LogP contribution >= 0.6 is 15.9 Å². The van der Waals surface area contributed by atoms with E-state index in [4.69, 9.17) is 9.47 Å². The van der Waals surface area contributed by atoms with Crippen molar-refractivity contribution < 1.29 is 13.9 Å². The molecule has 3 rings (SSSR count). The lowest BCUT2D eigenvalue weighted by Crippen LogP contribution is -2.28. The highest BCUT2D eigenvalue weighted by Crippen LogP contribution is 2.28. The van der Waals surface area contributed by atoms with Crippen LogP contribution in [-0.2, 0) is 11.3 Å². The van der Waals surface area contributed by atoms with E-state index in [0.717, 1.165) is 30.2 Å². The van der Waals surface area contributed by atoms with Crippen LogP contribution in [0.3, 0.4) is 0 Å². The normalized spacial score (nSPS) is 21.1. The van der Waals surface area contributed by atoms with Crippen molar-refractivity contribution in [3.63, 3.8) is 0 Å². The fourth-order valence-corrected chi connectivity index (χ4v) is 3.19.